The Morgan fingerprint density at radius 2 is 1.90 bits per heavy atom. The zero-order valence-electron chi connectivity index (χ0n) is 11.4. The summed E-state index contributed by atoms with van der Waals surface area (Å²) in [5, 5.41) is 16.6. The van der Waals surface area contributed by atoms with Crippen molar-refractivity contribution in [3.63, 3.8) is 0 Å². The van der Waals surface area contributed by atoms with Gasteiger partial charge in [0.25, 0.3) is 0 Å². The fourth-order valence-corrected chi connectivity index (χ4v) is 1.24. The van der Waals surface area contributed by atoms with Crippen LogP contribution in [0.4, 0.5) is 10.1 Å². The molecule has 21 heavy (non-hydrogen) atoms. The van der Waals surface area contributed by atoms with Gasteiger partial charge in [0.15, 0.2) is 5.82 Å². The number of rotatable bonds is 5. The Hall–Kier alpha value is -2.77. The molecule has 7 nitrogen and oxygen atoms in total. The Morgan fingerprint density at radius 1 is 1.24 bits per heavy atom. The van der Waals surface area contributed by atoms with Crippen molar-refractivity contribution in [2.75, 3.05) is 14.2 Å². The van der Waals surface area contributed by atoms with Crippen LogP contribution in [0.5, 0.6) is 0 Å². The summed E-state index contributed by atoms with van der Waals surface area (Å²) in [5.74, 6) is -3.14. The van der Waals surface area contributed by atoms with E-state index in [1.54, 1.807) is 0 Å². The van der Waals surface area contributed by atoms with E-state index in [9.17, 15) is 19.1 Å². The minimum atomic E-state index is -1.02. The summed E-state index contributed by atoms with van der Waals surface area (Å²) in [5.41, 5.74) is -0.740. The number of hydrogen-bond donors (Lipinski definition) is 1. The average molecular weight is 296 g/mol. The van der Waals surface area contributed by atoms with Crippen LogP contribution in [0.2, 0.25) is 0 Å². The van der Waals surface area contributed by atoms with Gasteiger partial charge in [0.2, 0.25) is 5.70 Å². The van der Waals surface area contributed by atoms with Gasteiger partial charge in [-0.05, 0) is 12.1 Å². The van der Waals surface area contributed by atoms with Gasteiger partial charge in [-0.2, -0.15) is 0 Å². The van der Waals surface area contributed by atoms with Gasteiger partial charge in [-0.1, -0.05) is 12.1 Å². The third-order valence-corrected chi connectivity index (χ3v) is 2.30. The lowest BCUT2D eigenvalue weighted by Crippen LogP contribution is -2.09. The van der Waals surface area contributed by atoms with Crippen molar-refractivity contribution in [2.45, 2.75) is 6.42 Å². The van der Waals surface area contributed by atoms with Crippen LogP contribution in [0.1, 0.15) is 6.42 Å². The number of esters is 2. The van der Waals surface area contributed by atoms with Crippen LogP contribution in [0, 0.1) is 5.82 Å². The molecular formula is C13H13FN2O5. The van der Waals surface area contributed by atoms with E-state index in [1.807, 2.05) is 0 Å². The molecule has 0 bridgehead atoms. The predicted octanol–water partition coefficient (Wildman–Crippen LogP) is 2.42. The van der Waals surface area contributed by atoms with E-state index in [0.717, 1.165) is 20.3 Å². The Labute approximate surface area is 119 Å². The highest BCUT2D eigenvalue weighted by Gasteiger charge is 2.18. The lowest BCUT2D eigenvalue weighted by molar-refractivity contribution is -0.140. The van der Waals surface area contributed by atoms with Crippen LogP contribution in [0.25, 0.3) is 0 Å². The van der Waals surface area contributed by atoms with Crippen LogP contribution < -0.4 is 0 Å². The molecule has 0 aliphatic heterocycles. The van der Waals surface area contributed by atoms with Crippen LogP contribution in [-0.2, 0) is 19.1 Å². The molecule has 0 radical (unpaired) electrons. The minimum absolute atomic E-state index is 0.134. The molecular weight excluding hydrogens is 283 g/mol. The summed E-state index contributed by atoms with van der Waals surface area (Å²) in [6, 6.07) is 5.46. The molecule has 0 amide bonds. The third kappa shape index (κ3) is 4.68. The highest BCUT2D eigenvalue weighted by molar-refractivity contribution is 5.89. The van der Waals surface area contributed by atoms with Gasteiger partial charge in [0.1, 0.15) is 17.9 Å². The normalized spacial score (nSPS) is 12.0. The molecule has 0 aromatic heterocycles. The van der Waals surface area contributed by atoms with Crippen molar-refractivity contribution in [1.82, 2.24) is 0 Å². The van der Waals surface area contributed by atoms with Crippen molar-refractivity contribution in [3.8, 4) is 0 Å². The fourth-order valence-electron chi connectivity index (χ4n) is 1.24. The van der Waals surface area contributed by atoms with Gasteiger partial charge in [0.05, 0.1) is 14.2 Å². The van der Waals surface area contributed by atoms with Gasteiger partial charge >= 0.3 is 11.9 Å². The van der Waals surface area contributed by atoms with Crippen molar-refractivity contribution in [2.24, 2.45) is 10.2 Å². The second-order valence-electron chi connectivity index (χ2n) is 3.69. The molecule has 1 rings (SSSR count). The number of ether oxygens (including phenoxy) is 2. The first kappa shape index (κ1) is 16.3. The lowest BCUT2D eigenvalue weighted by atomic mass is 10.3. The Bertz CT molecular complexity index is 598. The summed E-state index contributed by atoms with van der Waals surface area (Å²) in [7, 11) is 2.18. The van der Waals surface area contributed by atoms with Gasteiger partial charge in [-0.3, -0.25) is 4.79 Å². The number of carbonyl (C=O) groups excluding carboxylic acids is 2. The maximum Gasteiger partial charge on any atom is 0.362 e. The molecule has 0 unspecified atom stereocenters. The quantitative estimate of drug-likeness (QED) is 0.389. The molecule has 1 aromatic carbocycles. The van der Waals surface area contributed by atoms with E-state index in [0.29, 0.717) is 0 Å². The second kappa shape index (κ2) is 7.73. The monoisotopic (exact) mass is 296 g/mol. The van der Waals surface area contributed by atoms with E-state index >= 15 is 0 Å². The number of methoxy groups -OCH3 is 2. The second-order valence-corrected chi connectivity index (χ2v) is 3.69. The number of hydrogen-bond acceptors (Lipinski definition) is 7. The zero-order valence-corrected chi connectivity index (χ0v) is 11.4. The van der Waals surface area contributed by atoms with Crippen LogP contribution in [-0.4, -0.2) is 31.3 Å². The van der Waals surface area contributed by atoms with Gasteiger partial charge < -0.3 is 14.6 Å². The number of halogens is 1. The molecule has 112 valence electrons. The van der Waals surface area contributed by atoms with Gasteiger partial charge in [0, 0.05) is 0 Å². The van der Waals surface area contributed by atoms with Crippen LogP contribution >= 0.6 is 0 Å². The first-order valence-corrected chi connectivity index (χ1v) is 5.73. The molecule has 0 saturated heterocycles. The molecule has 0 fully saturated rings. The molecule has 1 aromatic rings. The van der Waals surface area contributed by atoms with E-state index in [2.05, 4.69) is 19.7 Å². The topological polar surface area (TPSA) is 97.5 Å². The van der Waals surface area contributed by atoms with Crippen molar-refractivity contribution < 1.29 is 28.6 Å². The van der Waals surface area contributed by atoms with Crippen molar-refractivity contribution >= 4 is 17.6 Å². The maximum absolute atomic E-state index is 13.4. The molecule has 0 heterocycles. The molecule has 0 spiro atoms. The summed E-state index contributed by atoms with van der Waals surface area (Å²) in [4.78, 5) is 22.6. The standard InChI is InChI=1S/C13H13FN2O5/c1-20-11(18)7-10(17)12(13(19)21-2)16-15-9-6-4-3-5-8(9)14/h3-6,17H,7H2,1-2H3. The van der Waals surface area contributed by atoms with Crippen LogP contribution in [0.3, 0.4) is 0 Å². The lowest BCUT2D eigenvalue weighted by Gasteiger charge is -2.03. The highest BCUT2D eigenvalue weighted by Crippen LogP contribution is 2.19. The van der Waals surface area contributed by atoms with Gasteiger partial charge in [-0.25, -0.2) is 9.18 Å². The van der Waals surface area contributed by atoms with Crippen molar-refractivity contribution in [1.29, 1.82) is 0 Å². The molecule has 0 aliphatic rings. The summed E-state index contributed by atoms with van der Waals surface area (Å²) in [6.45, 7) is 0. The SMILES string of the molecule is COC(=O)CC(O)=C(N=Nc1ccccc1F)C(=O)OC. The Balaban J connectivity index is 3.10. The van der Waals surface area contributed by atoms with E-state index in [1.165, 1.54) is 18.2 Å². The predicted molar refractivity (Wildman–Crippen MR) is 69.2 cm³/mol. The number of carbonyl (C=O) groups is 2. The fraction of sp³-hybridized carbons (Fsp3) is 0.231. The van der Waals surface area contributed by atoms with Crippen molar-refractivity contribution in [3.05, 3.63) is 41.5 Å². The number of benzene rings is 1. The molecule has 0 saturated carbocycles. The molecule has 1 N–H and O–H groups in total. The Kier molecular flexibility index (Phi) is 5.99. The summed E-state index contributed by atoms with van der Waals surface area (Å²) >= 11 is 0. The average Bonchev–Trinajstić information content (AvgIpc) is 2.48. The zero-order chi connectivity index (χ0) is 15.8. The number of aliphatic hydroxyl groups excluding tert-OH is 1. The third-order valence-electron chi connectivity index (χ3n) is 2.30. The van der Waals surface area contributed by atoms with E-state index < -0.39 is 35.6 Å². The summed E-state index contributed by atoms with van der Waals surface area (Å²) < 4.78 is 22.1. The largest absolute Gasteiger partial charge is 0.509 e. The summed E-state index contributed by atoms with van der Waals surface area (Å²) in [6.07, 6.45) is -0.586. The minimum Gasteiger partial charge on any atom is -0.509 e. The van der Waals surface area contributed by atoms with E-state index in [-0.39, 0.29) is 5.69 Å². The molecule has 0 atom stereocenters. The van der Waals surface area contributed by atoms with Gasteiger partial charge in [-0.15, -0.1) is 10.2 Å². The smallest absolute Gasteiger partial charge is 0.362 e. The Morgan fingerprint density at radius 3 is 2.48 bits per heavy atom. The molecule has 0 aliphatic carbocycles. The molecule has 8 heteroatoms. The first-order valence-electron chi connectivity index (χ1n) is 5.73. The van der Waals surface area contributed by atoms with E-state index in [4.69, 9.17) is 0 Å². The maximum atomic E-state index is 13.4. The first-order chi connectivity index (χ1) is 9.99. The number of azo groups is 1. The number of nitrogens with zero attached hydrogens (tertiary/aromatic N) is 2. The highest BCUT2D eigenvalue weighted by atomic mass is 19.1. The van der Waals surface area contributed by atoms with Crippen LogP contribution in [0.15, 0.2) is 46.0 Å². The number of aliphatic hydroxyl groups is 1.